The number of carboxylic acids is 1. The van der Waals surface area contributed by atoms with Gasteiger partial charge >= 0.3 is 25.3 Å². The van der Waals surface area contributed by atoms with E-state index >= 15 is 0 Å². The van der Waals surface area contributed by atoms with Gasteiger partial charge in [0.2, 0.25) is 0 Å². The second-order valence-electron chi connectivity index (χ2n) is 34.5. The Morgan fingerprint density at radius 3 is 1.37 bits per heavy atom. The number of aromatic amines is 4. The monoisotopic (exact) mass is 1620 g/mol. The Labute approximate surface area is 674 Å². The summed E-state index contributed by atoms with van der Waals surface area (Å²) in [5.41, 5.74) is 6.94. The Bertz CT molecular complexity index is 4070. The fourth-order valence-corrected chi connectivity index (χ4v) is 14.7. The summed E-state index contributed by atoms with van der Waals surface area (Å²) in [6.07, 6.45) is 13.6. The van der Waals surface area contributed by atoms with Crippen molar-refractivity contribution in [3.8, 4) is 0 Å². The normalized spacial score (nSPS) is 19.9. The number of ether oxygens (including phenoxy) is 5. The van der Waals surface area contributed by atoms with Crippen molar-refractivity contribution >= 4 is 67.6 Å². The molecule has 9 aliphatic heterocycles. The highest BCUT2D eigenvalue weighted by atomic mass is 28.3. The molecule has 9 aliphatic rings. The largest absolute Gasteiger partial charge is 0.490 e. The number of likely N-dealkylation sites (tertiary alicyclic amines) is 2. The summed E-state index contributed by atoms with van der Waals surface area (Å²) in [5, 5.41) is 66.0. The lowest BCUT2D eigenvalue weighted by Crippen LogP contribution is -2.51. The van der Waals surface area contributed by atoms with Crippen LogP contribution in [0.3, 0.4) is 0 Å². The molecule has 2 amide bonds. The average molecular weight is 1620 g/mol. The van der Waals surface area contributed by atoms with E-state index in [-0.39, 0.29) is 72.0 Å². The first-order valence-corrected chi connectivity index (χ1v) is 43.9. The molecule has 6 saturated heterocycles. The highest BCUT2D eigenvalue weighted by Gasteiger charge is 2.53. The first-order chi connectivity index (χ1) is 54.4. The van der Waals surface area contributed by atoms with Gasteiger partial charge in [-0.2, -0.15) is 66.4 Å². The third-order valence-electron chi connectivity index (χ3n) is 21.5. The van der Waals surface area contributed by atoms with Crippen LogP contribution in [0.15, 0.2) is 23.7 Å². The second-order valence-corrected chi connectivity index (χ2v) is 40.1. The molecule has 0 unspecified atom stereocenters. The minimum absolute atomic E-state index is 0.00595. The maximum Gasteiger partial charge on any atom is 0.490 e. The quantitative estimate of drug-likeness (QED) is 0.0245. The molecule has 7 N–H and O–H groups in total. The van der Waals surface area contributed by atoms with E-state index in [4.69, 9.17) is 38.1 Å². The molecule has 0 aromatic carbocycles. The van der Waals surface area contributed by atoms with Crippen molar-refractivity contribution < 1.29 is 71.7 Å². The van der Waals surface area contributed by atoms with Crippen LogP contribution in [0, 0.1) is 0 Å². The first-order valence-electron chi connectivity index (χ1n) is 40.2. The third kappa shape index (κ3) is 26.0. The summed E-state index contributed by atoms with van der Waals surface area (Å²) >= 11 is 0. The summed E-state index contributed by atoms with van der Waals surface area (Å²) in [7, 11) is -1.47. The molecule has 14 heterocycles. The van der Waals surface area contributed by atoms with Crippen LogP contribution in [-0.2, 0) is 39.7 Å². The van der Waals surface area contributed by atoms with Gasteiger partial charge in [-0.25, -0.2) is 14.4 Å². The minimum Gasteiger partial charge on any atom is -0.476 e. The van der Waals surface area contributed by atoms with Gasteiger partial charge < -0.3 is 58.5 Å². The van der Waals surface area contributed by atoms with Gasteiger partial charge in [0.25, 0.3) is 0 Å². The van der Waals surface area contributed by atoms with Crippen LogP contribution >= 0.6 is 0 Å². The first kappa shape index (κ1) is 90.4. The number of nitrogens with one attached hydrogen (secondary N) is 6. The van der Waals surface area contributed by atoms with Crippen molar-refractivity contribution in [2.75, 3.05) is 112 Å². The molecule has 36 nitrogen and oxygen atoms in total. The molecule has 6 fully saturated rings. The minimum atomic E-state index is -1.16. The molecule has 5 aromatic heterocycles. The Kier molecular flexibility index (Phi) is 31.9. The number of ketones is 4. The number of amides is 2. The van der Waals surface area contributed by atoms with Crippen LogP contribution in [0.25, 0.3) is 11.1 Å². The van der Waals surface area contributed by atoms with Gasteiger partial charge in [-0.15, -0.1) is 10.2 Å². The van der Waals surface area contributed by atoms with Gasteiger partial charge in [-0.05, 0) is 196 Å². The molecule has 0 bridgehead atoms. The molecule has 0 spiro atoms. The number of hydrogen-bond acceptors (Lipinski definition) is 28. The Balaban J connectivity index is 0.000000161. The summed E-state index contributed by atoms with van der Waals surface area (Å²) in [5.74, 6) is -0.257. The number of piperidine rings is 3. The van der Waals surface area contributed by atoms with Gasteiger partial charge in [0.1, 0.15) is 28.3 Å². The lowest BCUT2D eigenvalue weighted by atomic mass is 9.75. The number of carbonyl (C=O) groups excluding carboxylic acids is 6. The molecule has 0 aliphatic carbocycles. The molecule has 115 heavy (non-hydrogen) atoms. The molecule has 632 valence electrons. The molecule has 5 aromatic rings. The number of H-pyrrole nitrogens is 4. The maximum absolute atomic E-state index is 12.2. The molecular weight excluding hydrogens is 1500 g/mol. The van der Waals surface area contributed by atoms with Crippen LogP contribution in [0.1, 0.15) is 253 Å². The number of rotatable bonds is 18. The summed E-state index contributed by atoms with van der Waals surface area (Å²) < 4.78 is 39.0. The standard InChI is InChI=1S/C20H34N4O4Si.C16H28BNO4.C12H18N4O2.C11H16N4O3.C9H14N4O.C9H12N4O/c1-15(25)17-18(22-24(21-17)14-27-12-13-29(5,6)7)16-8-10-23(11-9-16)19(26)28-20(2,3)4;1-14(2,3)20-13(19)18-10-8-12(9-11-18)17-21-15(4,5)16(6,7)22-17;1-8(17)11-12(14-15-13-11)9-2-4-16(5-3-9)10-6-18-7-10;16-11(17)10-9(12-14-13-10)7-1-3-15(4-2-7)8-5-18-6-8;2*1-6(14)8-9(12-13-11-8)7-2-4-10-5-3-7/h8H,9-14H2,1-7H3;8H,9-11H2,1-7H3;9-10H,2-7H2,1H3,(H,13,14,15);7-8H,1-6H2,(H,16,17)(H,12,13,14);7,10H,2-5H2,1H3,(H,11,12,13);2,10H,3-5H2,1H3,(H,11,12,13). The van der Waals surface area contributed by atoms with Crippen LogP contribution < -0.4 is 10.6 Å². The fraction of sp³-hybridized carbons (Fsp3) is 0.701. The van der Waals surface area contributed by atoms with Crippen LogP contribution in [0.5, 0.6) is 0 Å². The lowest BCUT2D eigenvalue weighted by Gasteiger charge is -2.41. The van der Waals surface area contributed by atoms with Gasteiger partial charge in [0.05, 0.1) is 61.1 Å². The second kappa shape index (κ2) is 40.6. The molecule has 0 radical (unpaired) electrons. The number of carboxylic acid groups (broad SMARTS) is 1. The number of hydrogen-bond donors (Lipinski definition) is 7. The molecule has 14 rings (SSSR count). The number of Topliss-reactive ketones (excluding diaryl/α,β-unsaturated/α-hetero) is 4. The number of nitrogens with zero attached hydrogens (tertiary/aromatic N) is 15. The molecule has 38 heteroatoms. The predicted octanol–water partition coefficient (Wildman–Crippen LogP) is 8.53. The Morgan fingerprint density at radius 2 is 0.965 bits per heavy atom. The van der Waals surface area contributed by atoms with E-state index in [0.717, 1.165) is 164 Å². The van der Waals surface area contributed by atoms with Crippen molar-refractivity contribution in [1.82, 2.24) is 107 Å². The fourth-order valence-electron chi connectivity index (χ4n) is 14.0. The lowest BCUT2D eigenvalue weighted by molar-refractivity contribution is -0.0713. The Morgan fingerprint density at radius 1 is 0.522 bits per heavy atom. The summed E-state index contributed by atoms with van der Waals surface area (Å²) in [6, 6.07) is 2.23. The molecular formula is C77H122BN21O15Si. The topological polar surface area (TPSA) is 438 Å². The van der Waals surface area contributed by atoms with E-state index in [0.29, 0.717) is 103 Å². The zero-order valence-electron chi connectivity index (χ0n) is 70.4. The third-order valence-corrected chi connectivity index (χ3v) is 23.2. The van der Waals surface area contributed by atoms with Crippen LogP contribution in [0.4, 0.5) is 9.59 Å². The summed E-state index contributed by atoms with van der Waals surface area (Å²) in [6.45, 7) is 46.5. The molecule has 0 atom stereocenters. The van der Waals surface area contributed by atoms with Crippen molar-refractivity contribution in [3.05, 3.63) is 80.6 Å². The predicted molar refractivity (Wildman–Crippen MR) is 430 cm³/mol. The zero-order chi connectivity index (χ0) is 83.6. The maximum atomic E-state index is 12.2. The Hall–Kier alpha value is -8.47. The van der Waals surface area contributed by atoms with Crippen molar-refractivity contribution in [1.29, 1.82) is 0 Å². The van der Waals surface area contributed by atoms with E-state index in [9.17, 15) is 33.6 Å². The van der Waals surface area contributed by atoms with E-state index in [1.54, 1.807) is 16.7 Å². The van der Waals surface area contributed by atoms with Crippen molar-refractivity contribution in [2.24, 2.45) is 0 Å². The zero-order valence-corrected chi connectivity index (χ0v) is 71.4. The van der Waals surface area contributed by atoms with Crippen LogP contribution in [-0.4, -0.2) is 304 Å². The summed E-state index contributed by atoms with van der Waals surface area (Å²) in [4.78, 5) is 90.9. The highest BCUT2D eigenvalue weighted by molar-refractivity contribution is 6.76. The number of carbonyl (C=O) groups is 7. The van der Waals surface area contributed by atoms with Gasteiger partial charge in [-0.1, -0.05) is 37.9 Å². The van der Waals surface area contributed by atoms with Crippen molar-refractivity contribution in [2.45, 2.75) is 239 Å². The van der Waals surface area contributed by atoms with E-state index in [2.05, 4.69) is 112 Å². The average Bonchev–Trinajstić information content (AvgIpc) is 1.62. The highest BCUT2D eigenvalue weighted by Crippen LogP contribution is 2.40. The van der Waals surface area contributed by atoms with E-state index < -0.39 is 25.2 Å². The van der Waals surface area contributed by atoms with Gasteiger partial charge in [-0.3, -0.25) is 29.0 Å². The number of aromatic nitrogens is 15. The van der Waals surface area contributed by atoms with Gasteiger partial charge in [0, 0.05) is 92.9 Å². The van der Waals surface area contributed by atoms with Gasteiger partial charge in [0.15, 0.2) is 58.3 Å². The molecule has 0 saturated carbocycles. The SMILES string of the molecule is CC(=O)c1n[nH]nc1C1=CCNCC1.CC(=O)c1n[nH]nc1C1CCN(C2COC2)CC1.CC(=O)c1n[nH]nc1C1CCNCC1.CC(=O)c1nn(COCC[Si](C)(C)C)nc1C1=CCN(C(=O)OC(C)(C)C)CC1.CC(C)(C)OC(=O)N1CC=C(B2OC(C)(C)C(C)(C)O2)CC1.O=C(O)c1n[nH]nc1C1CCN(C2COC2)CC1. The van der Waals surface area contributed by atoms with Crippen molar-refractivity contribution in [3.63, 3.8) is 0 Å². The number of aromatic carboxylic acids is 1. The van der Waals surface area contributed by atoms with Crippen LogP contribution in [0.2, 0.25) is 25.7 Å². The van der Waals surface area contributed by atoms with E-state index in [1.165, 1.54) is 25.6 Å². The van der Waals surface area contributed by atoms with E-state index in [1.807, 2.05) is 87.5 Å². The smallest absolute Gasteiger partial charge is 0.476 e.